The zero-order valence-electron chi connectivity index (χ0n) is 7.20. The Kier molecular flexibility index (Phi) is 2.28. The van der Waals surface area contributed by atoms with Gasteiger partial charge in [-0.05, 0) is 0 Å². The summed E-state index contributed by atoms with van der Waals surface area (Å²) in [6.07, 6.45) is 0. The number of rotatable bonds is 2. The van der Waals surface area contributed by atoms with Crippen LogP contribution in [0.15, 0.2) is 0 Å². The van der Waals surface area contributed by atoms with Crippen molar-refractivity contribution in [2.24, 2.45) is 0 Å². The number of nitrogens with zero attached hydrogens (tertiary/aromatic N) is 4. The van der Waals surface area contributed by atoms with Gasteiger partial charge in [0.15, 0.2) is 0 Å². The van der Waals surface area contributed by atoms with E-state index in [9.17, 15) is 0 Å². The van der Waals surface area contributed by atoms with Gasteiger partial charge < -0.3 is 9.80 Å². The van der Waals surface area contributed by atoms with Gasteiger partial charge in [0, 0.05) is 28.2 Å². The molecule has 0 aliphatic carbocycles. The van der Waals surface area contributed by atoms with Gasteiger partial charge in [-0.1, -0.05) is 11.3 Å². The summed E-state index contributed by atoms with van der Waals surface area (Å²) in [4.78, 5) is 3.90. The van der Waals surface area contributed by atoms with Crippen LogP contribution in [0.3, 0.4) is 0 Å². The summed E-state index contributed by atoms with van der Waals surface area (Å²) in [7, 11) is 7.83. The van der Waals surface area contributed by atoms with Crippen molar-refractivity contribution in [3.63, 3.8) is 0 Å². The van der Waals surface area contributed by atoms with Crippen LogP contribution in [0.4, 0.5) is 10.3 Å². The van der Waals surface area contributed by atoms with Crippen LogP contribution in [0.2, 0.25) is 0 Å². The number of aromatic nitrogens is 2. The maximum absolute atomic E-state index is 3.99. The highest BCUT2D eigenvalue weighted by molar-refractivity contribution is 7.19. The summed E-state index contributed by atoms with van der Waals surface area (Å²) in [6.45, 7) is 0. The Balaban J connectivity index is 2.82. The van der Waals surface area contributed by atoms with Crippen molar-refractivity contribution in [1.82, 2.24) is 10.2 Å². The van der Waals surface area contributed by atoms with Crippen LogP contribution in [-0.2, 0) is 0 Å². The van der Waals surface area contributed by atoms with Gasteiger partial charge in [0.1, 0.15) is 0 Å². The first-order chi connectivity index (χ1) is 5.11. The molecular formula is C6H12N4S. The van der Waals surface area contributed by atoms with Gasteiger partial charge in [0.25, 0.3) is 0 Å². The van der Waals surface area contributed by atoms with E-state index in [4.69, 9.17) is 0 Å². The lowest BCUT2D eigenvalue weighted by Gasteiger charge is -2.06. The summed E-state index contributed by atoms with van der Waals surface area (Å²) in [5, 5.41) is 9.86. The Morgan fingerprint density at radius 2 is 1.27 bits per heavy atom. The standard InChI is InChI=1S/C6H12N4S/c1-9(2)5-7-8-6(11-5)10(3)4/h1-4H3. The number of hydrogen-bond acceptors (Lipinski definition) is 5. The molecule has 1 aromatic heterocycles. The summed E-state index contributed by atoms with van der Waals surface area (Å²) in [5.41, 5.74) is 0. The van der Waals surface area contributed by atoms with Crippen LogP contribution in [0.5, 0.6) is 0 Å². The second-order valence-electron chi connectivity index (χ2n) is 2.66. The molecule has 62 valence electrons. The highest BCUT2D eigenvalue weighted by atomic mass is 32.1. The van der Waals surface area contributed by atoms with Gasteiger partial charge in [0.05, 0.1) is 0 Å². The van der Waals surface area contributed by atoms with Gasteiger partial charge in [-0.2, -0.15) is 0 Å². The van der Waals surface area contributed by atoms with E-state index in [1.165, 1.54) is 0 Å². The lowest BCUT2D eigenvalue weighted by molar-refractivity contribution is 0.985. The molecule has 0 bridgehead atoms. The van der Waals surface area contributed by atoms with E-state index < -0.39 is 0 Å². The maximum Gasteiger partial charge on any atom is 0.209 e. The summed E-state index contributed by atoms with van der Waals surface area (Å²) in [6, 6.07) is 0. The minimum atomic E-state index is 0.939. The van der Waals surface area contributed by atoms with Crippen molar-refractivity contribution < 1.29 is 0 Å². The highest BCUT2D eigenvalue weighted by Gasteiger charge is 2.05. The summed E-state index contributed by atoms with van der Waals surface area (Å²) in [5.74, 6) is 0. The zero-order chi connectivity index (χ0) is 8.43. The zero-order valence-corrected chi connectivity index (χ0v) is 8.01. The monoisotopic (exact) mass is 172 g/mol. The predicted octanol–water partition coefficient (Wildman–Crippen LogP) is 0.670. The molecule has 0 saturated heterocycles. The fraction of sp³-hybridized carbons (Fsp3) is 0.667. The first-order valence-corrected chi connectivity index (χ1v) is 4.11. The third kappa shape index (κ3) is 1.80. The van der Waals surface area contributed by atoms with Crippen LogP contribution in [-0.4, -0.2) is 38.4 Å². The second-order valence-corrected chi connectivity index (χ2v) is 3.59. The molecule has 1 aromatic rings. The molecule has 0 spiro atoms. The summed E-state index contributed by atoms with van der Waals surface area (Å²) >= 11 is 1.58. The van der Waals surface area contributed by atoms with Crippen LogP contribution >= 0.6 is 11.3 Å². The van der Waals surface area contributed by atoms with E-state index >= 15 is 0 Å². The van der Waals surface area contributed by atoms with Crippen molar-refractivity contribution in [3.8, 4) is 0 Å². The molecule has 4 nitrogen and oxygen atoms in total. The molecule has 0 aliphatic rings. The van der Waals surface area contributed by atoms with Gasteiger partial charge in [-0.25, -0.2) is 0 Å². The Hall–Kier alpha value is -0.840. The van der Waals surface area contributed by atoms with Crippen LogP contribution in [0.25, 0.3) is 0 Å². The van der Waals surface area contributed by atoms with Crippen molar-refractivity contribution in [2.45, 2.75) is 0 Å². The van der Waals surface area contributed by atoms with E-state index in [1.807, 2.05) is 38.0 Å². The molecule has 0 aliphatic heterocycles. The van der Waals surface area contributed by atoms with E-state index in [0.29, 0.717) is 0 Å². The molecule has 0 aromatic carbocycles. The van der Waals surface area contributed by atoms with Crippen LogP contribution in [0, 0.1) is 0 Å². The molecule has 0 fully saturated rings. The van der Waals surface area contributed by atoms with Gasteiger partial charge >= 0.3 is 0 Å². The minimum absolute atomic E-state index is 0.939. The van der Waals surface area contributed by atoms with Crippen LogP contribution in [0.1, 0.15) is 0 Å². The Labute approximate surface area is 70.5 Å². The molecule has 0 radical (unpaired) electrons. The Bertz CT molecular complexity index is 208. The van der Waals surface area contributed by atoms with Crippen molar-refractivity contribution in [3.05, 3.63) is 0 Å². The Morgan fingerprint density at radius 1 is 0.909 bits per heavy atom. The summed E-state index contributed by atoms with van der Waals surface area (Å²) < 4.78 is 0. The van der Waals surface area contributed by atoms with Gasteiger partial charge in [-0.3, -0.25) is 0 Å². The third-order valence-electron chi connectivity index (χ3n) is 1.17. The first kappa shape index (κ1) is 8.26. The van der Waals surface area contributed by atoms with E-state index in [1.54, 1.807) is 11.3 Å². The molecule has 11 heavy (non-hydrogen) atoms. The molecule has 0 saturated carbocycles. The molecule has 0 unspecified atom stereocenters. The largest absolute Gasteiger partial charge is 0.353 e. The fourth-order valence-corrected chi connectivity index (χ4v) is 1.26. The maximum atomic E-state index is 3.99. The number of hydrogen-bond donors (Lipinski definition) is 0. The number of anilines is 2. The third-order valence-corrected chi connectivity index (χ3v) is 2.43. The lowest BCUT2D eigenvalue weighted by Crippen LogP contribution is -2.07. The average molecular weight is 172 g/mol. The highest BCUT2D eigenvalue weighted by Crippen LogP contribution is 2.23. The molecular weight excluding hydrogens is 160 g/mol. The van der Waals surface area contributed by atoms with E-state index in [2.05, 4.69) is 10.2 Å². The molecule has 0 amide bonds. The van der Waals surface area contributed by atoms with Crippen molar-refractivity contribution in [1.29, 1.82) is 0 Å². The molecule has 1 heterocycles. The van der Waals surface area contributed by atoms with Crippen molar-refractivity contribution >= 4 is 21.6 Å². The molecule has 1 rings (SSSR count). The average Bonchev–Trinajstić information content (AvgIpc) is 2.33. The molecule has 0 N–H and O–H groups in total. The quantitative estimate of drug-likeness (QED) is 0.656. The predicted molar refractivity (Wildman–Crippen MR) is 48.6 cm³/mol. The van der Waals surface area contributed by atoms with E-state index in [0.717, 1.165) is 10.3 Å². The van der Waals surface area contributed by atoms with E-state index in [-0.39, 0.29) is 0 Å². The minimum Gasteiger partial charge on any atom is -0.353 e. The van der Waals surface area contributed by atoms with Crippen molar-refractivity contribution in [2.75, 3.05) is 38.0 Å². The molecule has 0 atom stereocenters. The molecule has 5 heteroatoms. The first-order valence-electron chi connectivity index (χ1n) is 3.29. The normalized spacial score (nSPS) is 9.82. The topological polar surface area (TPSA) is 32.3 Å². The SMILES string of the molecule is CN(C)c1nnc(N(C)C)s1. The van der Waals surface area contributed by atoms with Crippen LogP contribution < -0.4 is 9.80 Å². The van der Waals surface area contributed by atoms with Gasteiger partial charge in [-0.15, -0.1) is 10.2 Å². The van der Waals surface area contributed by atoms with Gasteiger partial charge in [0.2, 0.25) is 10.3 Å². The Morgan fingerprint density at radius 3 is 1.45 bits per heavy atom. The second kappa shape index (κ2) is 3.04. The smallest absolute Gasteiger partial charge is 0.209 e. The fourth-order valence-electron chi connectivity index (χ4n) is 0.569. The lowest BCUT2D eigenvalue weighted by atomic mass is 10.9.